The number of amides is 1. The van der Waals surface area contributed by atoms with Gasteiger partial charge in [-0.1, -0.05) is 11.2 Å². The van der Waals surface area contributed by atoms with Gasteiger partial charge >= 0.3 is 5.97 Å². The Bertz CT molecular complexity index is 635. The first-order valence-electron chi connectivity index (χ1n) is 5.74. The molecule has 0 bridgehead atoms. The number of benzene rings is 1. The van der Waals surface area contributed by atoms with Crippen LogP contribution in [0.5, 0.6) is 5.75 Å². The van der Waals surface area contributed by atoms with Crippen LogP contribution in [-0.2, 0) is 4.79 Å². The fraction of sp³-hybridized carbons (Fsp3) is 0.154. The van der Waals surface area contributed by atoms with Crippen molar-refractivity contribution < 1.29 is 24.0 Å². The molecule has 7 nitrogen and oxygen atoms in total. The number of carboxylic acid groups (broad SMARTS) is 1. The SMILES string of the molecule is Cc1cc(C(=O)Nc2cccc(OCC(=O)O)c2)on1. The van der Waals surface area contributed by atoms with E-state index in [-0.39, 0.29) is 5.76 Å². The zero-order chi connectivity index (χ0) is 14.5. The summed E-state index contributed by atoms with van der Waals surface area (Å²) in [4.78, 5) is 22.2. The van der Waals surface area contributed by atoms with Crippen LogP contribution in [0.2, 0.25) is 0 Å². The van der Waals surface area contributed by atoms with Crippen LogP contribution in [0.4, 0.5) is 5.69 Å². The zero-order valence-corrected chi connectivity index (χ0v) is 10.6. The van der Waals surface area contributed by atoms with Crippen molar-refractivity contribution >= 4 is 17.6 Å². The fourth-order valence-electron chi connectivity index (χ4n) is 1.47. The number of aryl methyl sites for hydroxylation is 1. The van der Waals surface area contributed by atoms with E-state index in [4.69, 9.17) is 14.4 Å². The number of carbonyl (C=O) groups excluding carboxylic acids is 1. The molecule has 0 aliphatic carbocycles. The van der Waals surface area contributed by atoms with Gasteiger partial charge in [0.25, 0.3) is 5.91 Å². The highest BCUT2D eigenvalue weighted by atomic mass is 16.5. The second-order valence-corrected chi connectivity index (χ2v) is 4.00. The van der Waals surface area contributed by atoms with Gasteiger partial charge in [-0.15, -0.1) is 0 Å². The lowest BCUT2D eigenvalue weighted by atomic mass is 10.3. The minimum Gasteiger partial charge on any atom is -0.482 e. The van der Waals surface area contributed by atoms with E-state index in [2.05, 4.69) is 10.5 Å². The smallest absolute Gasteiger partial charge is 0.341 e. The van der Waals surface area contributed by atoms with E-state index in [0.29, 0.717) is 17.1 Å². The number of aromatic nitrogens is 1. The molecule has 1 heterocycles. The molecule has 20 heavy (non-hydrogen) atoms. The number of carboxylic acids is 1. The number of nitrogens with one attached hydrogen (secondary N) is 1. The first kappa shape index (κ1) is 13.6. The average molecular weight is 276 g/mol. The summed E-state index contributed by atoms with van der Waals surface area (Å²) in [5, 5.41) is 14.7. The van der Waals surface area contributed by atoms with E-state index in [0.717, 1.165) is 0 Å². The van der Waals surface area contributed by atoms with Crippen LogP contribution >= 0.6 is 0 Å². The third-order valence-electron chi connectivity index (χ3n) is 2.31. The minimum atomic E-state index is -1.07. The second-order valence-electron chi connectivity index (χ2n) is 4.00. The summed E-state index contributed by atoms with van der Waals surface area (Å²) in [6.07, 6.45) is 0. The maximum Gasteiger partial charge on any atom is 0.341 e. The van der Waals surface area contributed by atoms with Crippen LogP contribution in [0.25, 0.3) is 0 Å². The highest BCUT2D eigenvalue weighted by Crippen LogP contribution is 2.18. The molecule has 0 aliphatic rings. The Hall–Kier alpha value is -2.83. The number of hydrogen-bond donors (Lipinski definition) is 2. The second kappa shape index (κ2) is 5.87. The summed E-state index contributed by atoms with van der Waals surface area (Å²) >= 11 is 0. The molecule has 104 valence electrons. The molecule has 1 aromatic carbocycles. The summed E-state index contributed by atoms with van der Waals surface area (Å²) in [5.74, 6) is -1.07. The number of hydrogen-bond acceptors (Lipinski definition) is 5. The number of nitrogens with zero attached hydrogens (tertiary/aromatic N) is 1. The summed E-state index contributed by atoms with van der Waals surface area (Å²) in [6, 6.07) is 7.91. The van der Waals surface area contributed by atoms with Crippen LogP contribution in [0.15, 0.2) is 34.9 Å². The van der Waals surface area contributed by atoms with Crippen LogP contribution in [0.3, 0.4) is 0 Å². The van der Waals surface area contributed by atoms with E-state index in [1.165, 1.54) is 12.1 Å². The molecule has 0 fully saturated rings. The van der Waals surface area contributed by atoms with Crippen molar-refractivity contribution in [1.29, 1.82) is 0 Å². The Balaban J connectivity index is 2.04. The number of carbonyl (C=O) groups is 2. The van der Waals surface area contributed by atoms with Crippen molar-refractivity contribution in [2.24, 2.45) is 0 Å². The lowest BCUT2D eigenvalue weighted by molar-refractivity contribution is -0.139. The molecule has 0 radical (unpaired) electrons. The summed E-state index contributed by atoms with van der Waals surface area (Å²) < 4.78 is 9.85. The van der Waals surface area contributed by atoms with E-state index in [9.17, 15) is 9.59 Å². The van der Waals surface area contributed by atoms with Gasteiger partial charge in [0.05, 0.1) is 5.69 Å². The first-order chi connectivity index (χ1) is 9.54. The first-order valence-corrected chi connectivity index (χ1v) is 5.74. The van der Waals surface area contributed by atoms with Crippen LogP contribution in [0.1, 0.15) is 16.2 Å². The lowest BCUT2D eigenvalue weighted by Gasteiger charge is -2.06. The molecule has 0 saturated heterocycles. The number of ether oxygens (including phenoxy) is 1. The van der Waals surface area contributed by atoms with Gasteiger partial charge in [0.2, 0.25) is 5.76 Å². The predicted octanol–water partition coefficient (Wildman–Crippen LogP) is 1.70. The van der Waals surface area contributed by atoms with Gasteiger partial charge in [-0.2, -0.15) is 0 Å². The van der Waals surface area contributed by atoms with Gasteiger partial charge in [0, 0.05) is 17.8 Å². The van der Waals surface area contributed by atoms with Gasteiger partial charge in [-0.05, 0) is 19.1 Å². The number of rotatable bonds is 5. The molecule has 0 spiro atoms. The van der Waals surface area contributed by atoms with Crippen LogP contribution < -0.4 is 10.1 Å². The lowest BCUT2D eigenvalue weighted by Crippen LogP contribution is -2.12. The molecule has 0 atom stereocenters. The standard InChI is InChI=1S/C13H12N2O5/c1-8-5-11(20-15-8)13(18)14-9-3-2-4-10(6-9)19-7-12(16)17/h2-6H,7H2,1H3,(H,14,18)(H,16,17). The molecule has 2 N–H and O–H groups in total. The Morgan fingerprint density at radius 1 is 1.40 bits per heavy atom. The highest BCUT2D eigenvalue weighted by Gasteiger charge is 2.12. The van der Waals surface area contributed by atoms with Crippen molar-refractivity contribution in [2.45, 2.75) is 6.92 Å². The largest absolute Gasteiger partial charge is 0.482 e. The zero-order valence-electron chi connectivity index (χ0n) is 10.6. The molecule has 0 aliphatic heterocycles. The number of anilines is 1. The monoisotopic (exact) mass is 276 g/mol. The third-order valence-corrected chi connectivity index (χ3v) is 2.31. The molecular weight excluding hydrogens is 264 g/mol. The van der Waals surface area contributed by atoms with E-state index in [1.54, 1.807) is 25.1 Å². The van der Waals surface area contributed by atoms with Crippen molar-refractivity contribution in [3.8, 4) is 5.75 Å². The highest BCUT2D eigenvalue weighted by molar-refractivity contribution is 6.02. The normalized spacial score (nSPS) is 10.1. The maximum absolute atomic E-state index is 11.8. The van der Waals surface area contributed by atoms with Crippen molar-refractivity contribution in [1.82, 2.24) is 5.16 Å². The van der Waals surface area contributed by atoms with Crippen LogP contribution in [0, 0.1) is 6.92 Å². The molecule has 2 rings (SSSR count). The quantitative estimate of drug-likeness (QED) is 0.861. The maximum atomic E-state index is 11.8. The Morgan fingerprint density at radius 2 is 2.20 bits per heavy atom. The van der Waals surface area contributed by atoms with Gasteiger partial charge in [0.1, 0.15) is 5.75 Å². The van der Waals surface area contributed by atoms with Crippen molar-refractivity contribution in [3.05, 3.63) is 41.8 Å². The molecule has 7 heteroatoms. The van der Waals surface area contributed by atoms with Gasteiger partial charge in [-0.3, -0.25) is 4.79 Å². The van der Waals surface area contributed by atoms with Crippen LogP contribution in [-0.4, -0.2) is 28.7 Å². The van der Waals surface area contributed by atoms with Gasteiger partial charge in [-0.25, -0.2) is 4.79 Å². The third kappa shape index (κ3) is 3.58. The topological polar surface area (TPSA) is 102 Å². The number of aliphatic carboxylic acids is 1. The minimum absolute atomic E-state index is 0.0966. The molecule has 2 aromatic rings. The molecule has 1 amide bonds. The molecular formula is C13H12N2O5. The van der Waals surface area contributed by atoms with Crippen molar-refractivity contribution in [3.63, 3.8) is 0 Å². The predicted molar refractivity (Wildman–Crippen MR) is 68.8 cm³/mol. The molecule has 0 saturated carbocycles. The van der Waals surface area contributed by atoms with E-state index < -0.39 is 18.5 Å². The summed E-state index contributed by atoms with van der Waals surface area (Å²) in [6.45, 7) is 1.26. The Kier molecular flexibility index (Phi) is 3.99. The molecule has 0 unspecified atom stereocenters. The summed E-state index contributed by atoms with van der Waals surface area (Å²) in [5.41, 5.74) is 1.07. The summed E-state index contributed by atoms with van der Waals surface area (Å²) in [7, 11) is 0. The van der Waals surface area contributed by atoms with E-state index >= 15 is 0 Å². The van der Waals surface area contributed by atoms with Crippen molar-refractivity contribution in [2.75, 3.05) is 11.9 Å². The van der Waals surface area contributed by atoms with Gasteiger partial charge in [0.15, 0.2) is 6.61 Å². The average Bonchev–Trinajstić information content (AvgIpc) is 2.84. The fourth-order valence-corrected chi connectivity index (χ4v) is 1.47. The van der Waals surface area contributed by atoms with Gasteiger partial charge < -0.3 is 19.7 Å². The van der Waals surface area contributed by atoms with E-state index in [1.807, 2.05) is 0 Å². The Morgan fingerprint density at radius 3 is 2.85 bits per heavy atom. The molecule has 1 aromatic heterocycles. The Labute approximate surface area is 114 Å².